The van der Waals surface area contributed by atoms with Crippen LogP contribution in [0.1, 0.15) is 60.3 Å². The Morgan fingerprint density at radius 3 is 2.15 bits per heavy atom. The summed E-state index contributed by atoms with van der Waals surface area (Å²) in [6.45, 7) is 11.0. The van der Waals surface area contributed by atoms with E-state index in [1.807, 2.05) is 0 Å². The van der Waals surface area contributed by atoms with Gasteiger partial charge in [-0.1, -0.05) is 53.9 Å². The van der Waals surface area contributed by atoms with Crippen molar-refractivity contribution in [2.75, 3.05) is 0 Å². The van der Waals surface area contributed by atoms with Crippen LogP contribution < -0.4 is 0 Å². The standard InChI is InChI=1S/C11H26OSi/c1-6-7-8-9-11(4,5)13(12)10(2)3/h10,12-13H,6-9H2,1-5H3. The third-order valence-electron chi connectivity index (χ3n) is 2.86. The first-order valence-corrected chi connectivity index (χ1v) is 7.36. The van der Waals surface area contributed by atoms with E-state index in [1.54, 1.807) is 0 Å². The van der Waals surface area contributed by atoms with Gasteiger partial charge in [0.25, 0.3) is 0 Å². The molecule has 1 nitrogen and oxygen atoms in total. The maximum atomic E-state index is 10.1. The molecule has 0 saturated carbocycles. The molecule has 0 aromatic carbocycles. The number of unbranched alkanes of at least 4 members (excludes halogenated alkanes) is 2. The van der Waals surface area contributed by atoms with E-state index in [-0.39, 0.29) is 5.04 Å². The summed E-state index contributed by atoms with van der Waals surface area (Å²) in [5.74, 6) is 0. The highest BCUT2D eigenvalue weighted by molar-refractivity contribution is 6.55. The van der Waals surface area contributed by atoms with Gasteiger partial charge in [-0.2, -0.15) is 0 Å². The van der Waals surface area contributed by atoms with Crippen LogP contribution in [0.15, 0.2) is 0 Å². The summed E-state index contributed by atoms with van der Waals surface area (Å²) in [6.07, 6.45) is 5.06. The molecule has 0 aliphatic carbocycles. The average molecular weight is 202 g/mol. The summed E-state index contributed by atoms with van der Waals surface area (Å²) >= 11 is 0. The van der Waals surface area contributed by atoms with Gasteiger partial charge in [0.15, 0.2) is 9.04 Å². The summed E-state index contributed by atoms with van der Waals surface area (Å²) < 4.78 is 0. The van der Waals surface area contributed by atoms with Crippen molar-refractivity contribution in [1.82, 2.24) is 0 Å². The van der Waals surface area contributed by atoms with Crippen molar-refractivity contribution in [3.63, 3.8) is 0 Å². The van der Waals surface area contributed by atoms with Crippen molar-refractivity contribution >= 4 is 9.04 Å². The zero-order valence-electron chi connectivity index (χ0n) is 9.93. The fourth-order valence-electron chi connectivity index (χ4n) is 1.88. The van der Waals surface area contributed by atoms with Crippen molar-refractivity contribution in [1.29, 1.82) is 0 Å². The minimum Gasteiger partial charge on any atom is -0.434 e. The van der Waals surface area contributed by atoms with Crippen LogP contribution in [0.2, 0.25) is 10.6 Å². The van der Waals surface area contributed by atoms with Crippen LogP contribution in [-0.2, 0) is 0 Å². The van der Waals surface area contributed by atoms with Gasteiger partial charge >= 0.3 is 0 Å². The molecule has 1 N–H and O–H groups in total. The smallest absolute Gasteiger partial charge is 0.180 e. The van der Waals surface area contributed by atoms with E-state index >= 15 is 0 Å². The first-order chi connectivity index (χ1) is 5.91. The van der Waals surface area contributed by atoms with Gasteiger partial charge in [0, 0.05) is 0 Å². The van der Waals surface area contributed by atoms with E-state index in [4.69, 9.17) is 0 Å². The van der Waals surface area contributed by atoms with Crippen molar-refractivity contribution in [3.05, 3.63) is 0 Å². The van der Waals surface area contributed by atoms with Gasteiger partial charge in [0.1, 0.15) is 0 Å². The van der Waals surface area contributed by atoms with Crippen molar-refractivity contribution < 1.29 is 4.80 Å². The summed E-state index contributed by atoms with van der Waals surface area (Å²) in [5.41, 5.74) is 0.511. The molecule has 0 amide bonds. The highest BCUT2D eigenvalue weighted by Gasteiger charge is 2.31. The largest absolute Gasteiger partial charge is 0.434 e. The highest BCUT2D eigenvalue weighted by atomic mass is 28.3. The Labute approximate surface area is 85.3 Å². The normalized spacial score (nSPS) is 15.0. The van der Waals surface area contributed by atoms with Crippen LogP contribution in [0.4, 0.5) is 0 Å². The molecular weight excluding hydrogens is 176 g/mol. The van der Waals surface area contributed by atoms with Crippen molar-refractivity contribution in [2.24, 2.45) is 0 Å². The molecule has 1 unspecified atom stereocenters. The van der Waals surface area contributed by atoms with E-state index in [0.29, 0.717) is 5.54 Å². The fourth-order valence-corrected chi connectivity index (χ4v) is 4.19. The Hall–Kier alpha value is 0.177. The van der Waals surface area contributed by atoms with Gasteiger partial charge < -0.3 is 4.80 Å². The topological polar surface area (TPSA) is 20.2 Å². The molecule has 0 spiro atoms. The minimum absolute atomic E-state index is 0.226. The van der Waals surface area contributed by atoms with Crippen LogP contribution in [0.5, 0.6) is 0 Å². The van der Waals surface area contributed by atoms with E-state index in [9.17, 15) is 4.80 Å². The SMILES string of the molecule is CCCCCC(C)(C)[SiH](O)C(C)C. The molecule has 0 rings (SSSR count). The van der Waals surface area contributed by atoms with Gasteiger partial charge in [-0.05, 0) is 17.0 Å². The predicted molar refractivity (Wildman–Crippen MR) is 62.6 cm³/mol. The van der Waals surface area contributed by atoms with Gasteiger partial charge in [0.05, 0.1) is 0 Å². The number of hydrogen-bond donors (Lipinski definition) is 1. The van der Waals surface area contributed by atoms with Gasteiger partial charge in [-0.3, -0.25) is 0 Å². The minimum atomic E-state index is -1.53. The van der Waals surface area contributed by atoms with Gasteiger partial charge in [0.2, 0.25) is 0 Å². The Balaban J connectivity index is 3.91. The quantitative estimate of drug-likeness (QED) is 0.516. The third-order valence-corrected chi connectivity index (χ3v) is 6.01. The first-order valence-electron chi connectivity index (χ1n) is 5.60. The molecule has 0 heterocycles. The first kappa shape index (κ1) is 13.2. The Morgan fingerprint density at radius 2 is 1.77 bits per heavy atom. The molecule has 0 fully saturated rings. The Kier molecular flexibility index (Phi) is 5.89. The molecule has 0 aliphatic heterocycles. The highest BCUT2D eigenvalue weighted by Crippen LogP contribution is 2.38. The predicted octanol–water partition coefficient (Wildman–Crippen LogP) is 3.47. The lowest BCUT2D eigenvalue weighted by Gasteiger charge is -2.31. The average Bonchev–Trinajstić information content (AvgIpc) is 2.03. The van der Waals surface area contributed by atoms with Gasteiger partial charge in [-0.25, -0.2) is 0 Å². The van der Waals surface area contributed by atoms with Crippen LogP contribution in [0.25, 0.3) is 0 Å². The lowest BCUT2D eigenvalue weighted by molar-refractivity contribution is 0.443. The van der Waals surface area contributed by atoms with Crippen LogP contribution in [0.3, 0.4) is 0 Å². The molecule has 0 saturated heterocycles. The maximum Gasteiger partial charge on any atom is 0.180 e. The second kappa shape index (κ2) is 5.81. The molecule has 13 heavy (non-hydrogen) atoms. The molecule has 0 aromatic rings. The summed E-state index contributed by atoms with van der Waals surface area (Å²) in [7, 11) is -1.53. The molecule has 0 radical (unpaired) electrons. The Bertz CT molecular complexity index is 132. The van der Waals surface area contributed by atoms with E-state index in [1.165, 1.54) is 25.7 Å². The number of hydrogen-bond acceptors (Lipinski definition) is 1. The van der Waals surface area contributed by atoms with Crippen LogP contribution >= 0.6 is 0 Å². The van der Waals surface area contributed by atoms with Crippen LogP contribution in [-0.4, -0.2) is 13.8 Å². The van der Waals surface area contributed by atoms with E-state index < -0.39 is 9.04 Å². The monoisotopic (exact) mass is 202 g/mol. The van der Waals surface area contributed by atoms with E-state index in [0.717, 1.165) is 0 Å². The number of rotatable bonds is 6. The Morgan fingerprint density at radius 1 is 1.23 bits per heavy atom. The zero-order valence-corrected chi connectivity index (χ0v) is 11.1. The van der Waals surface area contributed by atoms with Gasteiger partial charge in [-0.15, -0.1) is 0 Å². The summed E-state index contributed by atoms with van der Waals surface area (Å²) in [4.78, 5) is 10.1. The molecule has 2 heteroatoms. The maximum absolute atomic E-state index is 10.1. The van der Waals surface area contributed by atoms with E-state index in [2.05, 4.69) is 34.6 Å². The van der Waals surface area contributed by atoms with Crippen molar-refractivity contribution in [3.8, 4) is 0 Å². The second-order valence-corrected chi connectivity index (χ2v) is 8.92. The molecular formula is C11H26OSi. The zero-order chi connectivity index (χ0) is 10.5. The summed E-state index contributed by atoms with van der Waals surface area (Å²) in [6, 6.07) is 0. The molecule has 80 valence electrons. The molecule has 0 bridgehead atoms. The van der Waals surface area contributed by atoms with Crippen molar-refractivity contribution in [2.45, 2.75) is 70.9 Å². The lowest BCUT2D eigenvalue weighted by atomic mass is 10.0. The second-order valence-electron chi connectivity index (χ2n) is 5.13. The molecule has 0 aromatic heterocycles. The lowest BCUT2D eigenvalue weighted by Crippen LogP contribution is -2.30. The third kappa shape index (κ3) is 4.82. The van der Waals surface area contributed by atoms with Crippen LogP contribution in [0, 0.1) is 0 Å². The molecule has 0 aliphatic rings. The molecule has 1 atom stereocenters. The summed E-state index contributed by atoms with van der Waals surface area (Å²) in [5, 5.41) is 0.226. The fraction of sp³-hybridized carbons (Fsp3) is 1.00.